The molecule has 2 aliphatic rings. The van der Waals surface area contributed by atoms with E-state index in [-0.39, 0.29) is 29.2 Å². The van der Waals surface area contributed by atoms with Gasteiger partial charge < -0.3 is 4.74 Å². The molecule has 2 heterocycles. The van der Waals surface area contributed by atoms with E-state index in [1.807, 2.05) is 0 Å². The summed E-state index contributed by atoms with van der Waals surface area (Å²) in [6.45, 7) is 4.57. The Morgan fingerprint density at radius 1 is 1.07 bits per heavy atom. The summed E-state index contributed by atoms with van der Waals surface area (Å²) in [4.78, 5) is 8.48. The van der Waals surface area contributed by atoms with Gasteiger partial charge in [-0.3, -0.25) is 0 Å². The van der Waals surface area contributed by atoms with E-state index in [0.717, 1.165) is 24.1 Å². The number of hydrogen-bond donors (Lipinski definition) is 0. The van der Waals surface area contributed by atoms with Crippen LogP contribution in [0.5, 0.6) is 0 Å². The lowest BCUT2D eigenvalue weighted by molar-refractivity contribution is -0.121. The van der Waals surface area contributed by atoms with Crippen LogP contribution in [-0.4, -0.2) is 20.2 Å². The van der Waals surface area contributed by atoms with Crippen LogP contribution in [0.4, 0.5) is 8.78 Å². The lowest BCUT2D eigenvalue weighted by Gasteiger charge is -2.37. The van der Waals surface area contributed by atoms with Crippen LogP contribution in [-0.2, 0) is 16.9 Å². The fraction of sp³-hybridized carbons (Fsp3) is 0.364. The molecule has 2 bridgehead atoms. The third kappa shape index (κ3) is 2.53. The molecule has 0 unspecified atom stereocenters. The Labute approximate surface area is 167 Å². The lowest BCUT2D eigenvalue weighted by atomic mass is 9.77. The van der Waals surface area contributed by atoms with Crippen LogP contribution in [0, 0.1) is 17.0 Å². The average molecular weight is 394 g/mol. The third-order valence-electron chi connectivity index (χ3n) is 6.56. The predicted molar refractivity (Wildman–Crippen MR) is 102 cm³/mol. The largest absolute Gasteiger partial charge is 0.360 e. The first-order valence-electron chi connectivity index (χ1n) is 9.66. The molecule has 148 valence electrons. The van der Waals surface area contributed by atoms with Gasteiger partial charge in [0, 0.05) is 17.8 Å². The van der Waals surface area contributed by atoms with Crippen molar-refractivity contribution < 1.29 is 13.5 Å². The van der Waals surface area contributed by atoms with E-state index < -0.39 is 17.2 Å². The number of hydrogen-bond acceptors (Lipinski definition) is 5. The van der Waals surface area contributed by atoms with Crippen molar-refractivity contribution in [2.45, 2.75) is 44.8 Å². The Balaban J connectivity index is 1.57. The zero-order valence-corrected chi connectivity index (χ0v) is 16.2. The highest BCUT2D eigenvalue weighted by molar-refractivity contribution is 5.62. The average Bonchev–Trinajstić information content (AvgIpc) is 3.08. The number of fused-ring (bicyclic) bond motifs is 5. The SMILES string of the molecule is CC1(C)[C@H]2CC[C@]1(OCc1ncccn1)c1nnc(-c3c(F)cccc3F)cc12. The number of rotatable bonds is 4. The Hall–Kier alpha value is -2.80. The van der Waals surface area contributed by atoms with Gasteiger partial charge in [0.15, 0.2) is 5.82 Å². The summed E-state index contributed by atoms with van der Waals surface area (Å²) in [7, 11) is 0. The van der Waals surface area contributed by atoms with Gasteiger partial charge in [0.1, 0.15) is 23.8 Å². The van der Waals surface area contributed by atoms with E-state index in [9.17, 15) is 8.78 Å². The van der Waals surface area contributed by atoms with E-state index in [0.29, 0.717) is 5.82 Å². The van der Waals surface area contributed by atoms with Crippen LogP contribution < -0.4 is 0 Å². The van der Waals surface area contributed by atoms with Crippen LogP contribution in [0.2, 0.25) is 0 Å². The van der Waals surface area contributed by atoms with E-state index in [4.69, 9.17) is 4.74 Å². The normalized spacial score (nSPS) is 23.9. The van der Waals surface area contributed by atoms with E-state index in [1.165, 1.54) is 18.2 Å². The zero-order valence-electron chi connectivity index (χ0n) is 16.2. The van der Waals surface area contributed by atoms with Crippen molar-refractivity contribution in [1.29, 1.82) is 0 Å². The minimum atomic E-state index is -0.645. The predicted octanol–water partition coefficient (Wildman–Crippen LogP) is 4.54. The van der Waals surface area contributed by atoms with Gasteiger partial charge in [0.2, 0.25) is 0 Å². The quantitative estimate of drug-likeness (QED) is 0.650. The van der Waals surface area contributed by atoms with Gasteiger partial charge >= 0.3 is 0 Å². The van der Waals surface area contributed by atoms with E-state index in [2.05, 4.69) is 34.0 Å². The number of aromatic nitrogens is 4. The number of halogens is 2. The van der Waals surface area contributed by atoms with Gasteiger partial charge in [-0.25, -0.2) is 18.7 Å². The molecule has 0 aliphatic heterocycles. The number of benzene rings is 1. The van der Waals surface area contributed by atoms with E-state index in [1.54, 1.807) is 24.5 Å². The first kappa shape index (κ1) is 18.2. The van der Waals surface area contributed by atoms with Gasteiger partial charge in [-0.1, -0.05) is 19.9 Å². The van der Waals surface area contributed by atoms with Gasteiger partial charge in [0.05, 0.1) is 17.0 Å². The molecule has 1 aromatic carbocycles. The Morgan fingerprint density at radius 3 is 2.52 bits per heavy atom. The van der Waals surface area contributed by atoms with Gasteiger partial charge in [-0.05, 0) is 48.6 Å². The maximum atomic E-state index is 14.3. The molecule has 0 spiro atoms. The van der Waals surface area contributed by atoms with Gasteiger partial charge in [0.25, 0.3) is 0 Å². The molecule has 0 radical (unpaired) electrons. The van der Waals surface area contributed by atoms with Crippen molar-refractivity contribution in [2.24, 2.45) is 5.41 Å². The first-order chi connectivity index (χ1) is 13.9. The molecular formula is C22H20F2N4O. The van der Waals surface area contributed by atoms with Crippen LogP contribution in [0.25, 0.3) is 11.3 Å². The first-order valence-corrected chi connectivity index (χ1v) is 9.66. The summed E-state index contributed by atoms with van der Waals surface area (Å²) in [5.74, 6) is -0.506. The van der Waals surface area contributed by atoms with Crippen molar-refractivity contribution in [2.75, 3.05) is 0 Å². The molecule has 7 heteroatoms. The second kappa shape index (κ2) is 6.35. The minimum absolute atomic E-state index is 0.143. The van der Waals surface area contributed by atoms with Crippen LogP contribution >= 0.6 is 0 Å². The lowest BCUT2D eigenvalue weighted by Crippen LogP contribution is -2.38. The Bertz CT molecular complexity index is 1070. The molecule has 0 saturated heterocycles. The molecule has 2 aromatic heterocycles. The summed E-state index contributed by atoms with van der Waals surface area (Å²) >= 11 is 0. The molecule has 3 aromatic rings. The number of ether oxygens (including phenoxy) is 1. The smallest absolute Gasteiger partial charge is 0.153 e. The Kier molecular flexibility index (Phi) is 4.00. The summed E-state index contributed by atoms with van der Waals surface area (Å²) in [6.07, 6.45) is 5.10. The molecular weight excluding hydrogens is 374 g/mol. The van der Waals surface area contributed by atoms with Gasteiger partial charge in [-0.15, -0.1) is 5.10 Å². The topological polar surface area (TPSA) is 60.8 Å². The van der Waals surface area contributed by atoms with Crippen molar-refractivity contribution >= 4 is 0 Å². The molecule has 2 aliphatic carbocycles. The van der Waals surface area contributed by atoms with Crippen molar-refractivity contribution in [3.8, 4) is 11.3 Å². The monoisotopic (exact) mass is 394 g/mol. The minimum Gasteiger partial charge on any atom is -0.360 e. The molecule has 1 fully saturated rings. The molecule has 0 N–H and O–H groups in total. The molecule has 5 rings (SSSR count). The van der Waals surface area contributed by atoms with Crippen LogP contribution in [0.3, 0.4) is 0 Å². The summed E-state index contributed by atoms with van der Waals surface area (Å²) in [6, 6.07) is 7.34. The maximum absolute atomic E-state index is 14.3. The zero-order chi connectivity index (χ0) is 20.2. The van der Waals surface area contributed by atoms with Crippen LogP contribution in [0.15, 0.2) is 42.7 Å². The molecule has 5 nitrogen and oxygen atoms in total. The molecule has 29 heavy (non-hydrogen) atoms. The molecule has 0 amide bonds. The van der Waals surface area contributed by atoms with Gasteiger partial charge in [-0.2, -0.15) is 5.10 Å². The van der Waals surface area contributed by atoms with Crippen molar-refractivity contribution in [3.05, 3.63) is 71.4 Å². The highest BCUT2D eigenvalue weighted by atomic mass is 19.1. The fourth-order valence-electron chi connectivity index (χ4n) is 5.05. The van der Waals surface area contributed by atoms with Crippen molar-refractivity contribution in [3.63, 3.8) is 0 Å². The highest BCUT2D eigenvalue weighted by Gasteiger charge is 2.64. The highest BCUT2D eigenvalue weighted by Crippen LogP contribution is 2.68. The third-order valence-corrected chi connectivity index (χ3v) is 6.56. The van der Waals surface area contributed by atoms with Crippen LogP contribution in [0.1, 0.15) is 49.7 Å². The maximum Gasteiger partial charge on any atom is 0.153 e. The standard InChI is InChI=1S/C22H20F2N4O/c1-21(2)14-7-8-22(21,29-12-18-25-9-4-10-26-18)20-13(14)11-17(27-28-20)19-15(23)5-3-6-16(19)24/h3-6,9-11,14H,7-8,12H2,1-2H3/t14-,22-/m0/s1. The molecule has 1 saturated carbocycles. The molecule has 2 atom stereocenters. The van der Waals surface area contributed by atoms with Crippen molar-refractivity contribution in [1.82, 2.24) is 20.2 Å². The summed E-state index contributed by atoms with van der Waals surface area (Å²) in [5, 5.41) is 8.62. The van der Waals surface area contributed by atoms with E-state index >= 15 is 0 Å². The second-order valence-corrected chi connectivity index (χ2v) is 8.22. The summed E-state index contributed by atoms with van der Waals surface area (Å²) in [5.41, 5.74) is 0.940. The fourth-order valence-corrected chi connectivity index (χ4v) is 5.05. The Morgan fingerprint density at radius 2 is 1.79 bits per heavy atom. The second-order valence-electron chi connectivity index (χ2n) is 8.22. The summed E-state index contributed by atoms with van der Waals surface area (Å²) < 4.78 is 35.0. The number of nitrogens with zero attached hydrogens (tertiary/aromatic N) is 4.